The Balaban J connectivity index is 1.90. The van der Waals surface area contributed by atoms with E-state index in [1.54, 1.807) is 12.1 Å². The molecule has 1 N–H and O–H groups in total. The Labute approximate surface area is 158 Å². The second-order valence-corrected chi connectivity index (χ2v) is 8.87. The van der Waals surface area contributed by atoms with Crippen LogP contribution in [0.25, 0.3) is 0 Å². The first-order chi connectivity index (χ1) is 12.8. The molecule has 2 aromatic rings. The summed E-state index contributed by atoms with van der Waals surface area (Å²) in [6.07, 6.45) is 3.31. The lowest BCUT2D eigenvalue weighted by Crippen LogP contribution is -2.39. The molecule has 27 heavy (non-hydrogen) atoms. The van der Waals surface area contributed by atoms with Crippen molar-refractivity contribution in [3.05, 3.63) is 52.5 Å². The van der Waals surface area contributed by atoms with Gasteiger partial charge in [-0.2, -0.15) is 4.31 Å². The summed E-state index contributed by atoms with van der Waals surface area (Å²) in [6, 6.07) is 7.18. The number of nitrogens with zero attached hydrogens (tertiary/aromatic N) is 2. The summed E-state index contributed by atoms with van der Waals surface area (Å²) in [5, 5.41) is 14.5. The minimum absolute atomic E-state index is 0.0560. The molecule has 0 spiro atoms. The zero-order chi connectivity index (χ0) is 19.6. The first-order valence-corrected chi connectivity index (χ1v) is 10.3. The van der Waals surface area contributed by atoms with Crippen molar-refractivity contribution in [3.63, 3.8) is 0 Å². The topological polar surface area (TPSA) is 106 Å². The van der Waals surface area contributed by atoms with E-state index < -0.39 is 14.9 Å². The van der Waals surface area contributed by atoms with Crippen LogP contribution < -0.4 is 5.32 Å². The Morgan fingerprint density at radius 2 is 2.15 bits per heavy atom. The Bertz CT molecular complexity index is 911. The number of furan rings is 1. The summed E-state index contributed by atoms with van der Waals surface area (Å²) in [5.41, 5.74) is -0.0330. The van der Waals surface area contributed by atoms with E-state index in [1.165, 1.54) is 22.7 Å². The van der Waals surface area contributed by atoms with Gasteiger partial charge in [-0.1, -0.05) is 6.92 Å². The summed E-state index contributed by atoms with van der Waals surface area (Å²) in [7, 11) is -3.76. The van der Waals surface area contributed by atoms with E-state index in [-0.39, 0.29) is 28.2 Å². The Morgan fingerprint density at radius 3 is 2.78 bits per heavy atom. The molecule has 1 aliphatic rings. The number of hydrogen-bond acceptors (Lipinski definition) is 6. The monoisotopic (exact) mass is 393 g/mol. The van der Waals surface area contributed by atoms with Crippen LogP contribution in [0.15, 0.2) is 45.9 Å². The summed E-state index contributed by atoms with van der Waals surface area (Å²) in [4.78, 5) is 10.9. The van der Waals surface area contributed by atoms with Crippen molar-refractivity contribution in [1.29, 1.82) is 0 Å². The van der Waals surface area contributed by atoms with Crippen LogP contribution in [0, 0.1) is 16.0 Å². The van der Waals surface area contributed by atoms with E-state index >= 15 is 0 Å². The van der Waals surface area contributed by atoms with Gasteiger partial charge >= 0.3 is 0 Å². The average Bonchev–Trinajstić information content (AvgIpc) is 3.16. The van der Waals surface area contributed by atoms with Crippen LogP contribution in [0.2, 0.25) is 0 Å². The second-order valence-electron chi connectivity index (χ2n) is 6.93. The number of nitrogens with one attached hydrogen (secondary N) is 1. The molecule has 0 unspecified atom stereocenters. The lowest BCUT2D eigenvalue weighted by molar-refractivity contribution is -0.384. The number of rotatable bonds is 6. The summed E-state index contributed by atoms with van der Waals surface area (Å²) < 4.78 is 32.5. The maximum Gasteiger partial charge on any atom is 0.293 e. The third-order valence-electron chi connectivity index (χ3n) is 4.77. The third-order valence-corrected chi connectivity index (χ3v) is 6.63. The standard InChI is InChI=1S/C18H23N3O5S/c1-13-5-3-9-20(12-13)27(24,25)15-7-8-16(17(11-15)21(22)23)19-14(2)18-6-4-10-26-18/h4,6-8,10-11,13-14,19H,3,5,9,12H2,1-2H3/t13-,14-/m0/s1. The van der Waals surface area contributed by atoms with Crippen LogP contribution in [0.1, 0.15) is 38.5 Å². The highest BCUT2D eigenvalue weighted by Crippen LogP contribution is 2.32. The fraction of sp³-hybridized carbons (Fsp3) is 0.444. The maximum atomic E-state index is 12.9. The predicted octanol–water partition coefficient (Wildman–Crippen LogP) is 3.78. The fourth-order valence-electron chi connectivity index (χ4n) is 3.30. The van der Waals surface area contributed by atoms with Crippen LogP contribution >= 0.6 is 0 Å². The molecule has 1 aliphatic heterocycles. The van der Waals surface area contributed by atoms with Gasteiger partial charge in [-0.25, -0.2) is 8.42 Å². The van der Waals surface area contributed by atoms with Crippen LogP contribution in [-0.2, 0) is 10.0 Å². The summed E-state index contributed by atoms with van der Waals surface area (Å²) in [5.74, 6) is 0.905. The molecule has 8 nitrogen and oxygen atoms in total. The zero-order valence-electron chi connectivity index (χ0n) is 15.3. The largest absolute Gasteiger partial charge is 0.467 e. The van der Waals surface area contributed by atoms with E-state index in [1.807, 2.05) is 13.8 Å². The van der Waals surface area contributed by atoms with Gasteiger partial charge < -0.3 is 9.73 Å². The van der Waals surface area contributed by atoms with Crippen molar-refractivity contribution in [2.24, 2.45) is 5.92 Å². The number of hydrogen-bond donors (Lipinski definition) is 1. The van der Waals surface area contributed by atoms with Gasteiger partial charge in [-0.15, -0.1) is 0 Å². The number of nitro benzene ring substituents is 1. The molecule has 2 heterocycles. The molecule has 9 heteroatoms. The highest BCUT2D eigenvalue weighted by molar-refractivity contribution is 7.89. The Hall–Kier alpha value is -2.39. The highest BCUT2D eigenvalue weighted by Gasteiger charge is 2.30. The average molecular weight is 393 g/mol. The molecule has 1 aromatic carbocycles. The van der Waals surface area contributed by atoms with Crippen LogP contribution in [0.4, 0.5) is 11.4 Å². The van der Waals surface area contributed by atoms with Crippen molar-refractivity contribution in [2.75, 3.05) is 18.4 Å². The molecule has 0 amide bonds. The number of sulfonamides is 1. The lowest BCUT2D eigenvalue weighted by atomic mass is 10.0. The Morgan fingerprint density at radius 1 is 1.37 bits per heavy atom. The van der Waals surface area contributed by atoms with E-state index in [0.29, 0.717) is 18.8 Å². The number of piperidine rings is 1. The number of benzene rings is 1. The Kier molecular flexibility index (Phi) is 5.52. The smallest absolute Gasteiger partial charge is 0.293 e. The second kappa shape index (κ2) is 7.69. The van der Waals surface area contributed by atoms with Gasteiger partial charge in [0.05, 0.1) is 22.1 Å². The molecule has 2 atom stereocenters. The molecule has 1 aromatic heterocycles. The molecular formula is C18H23N3O5S. The first-order valence-electron chi connectivity index (χ1n) is 8.87. The molecular weight excluding hydrogens is 370 g/mol. The number of nitro groups is 1. The first kappa shape index (κ1) is 19.4. The number of anilines is 1. The normalized spacial score (nSPS) is 19.6. The van der Waals surface area contributed by atoms with Gasteiger partial charge in [0.15, 0.2) is 0 Å². The molecule has 1 saturated heterocycles. The van der Waals surface area contributed by atoms with E-state index in [0.717, 1.165) is 18.9 Å². The van der Waals surface area contributed by atoms with Crippen LogP contribution in [0.5, 0.6) is 0 Å². The van der Waals surface area contributed by atoms with Gasteiger partial charge in [0.2, 0.25) is 10.0 Å². The minimum Gasteiger partial charge on any atom is -0.467 e. The maximum absolute atomic E-state index is 12.9. The van der Waals surface area contributed by atoms with Crippen molar-refractivity contribution in [3.8, 4) is 0 Å². The minimum atomic E-state index is -3.76. The molecule has 0 aliphatic carbocycles. The fourth-order valence-corrected chi connectivity index (χ4v) is 4.92. The van der Waals surface area contributed by atoms with Crippen molar-refractivity contribution in [1.82, 2.24) is 4.31 Å². The molecule has 0 radical (unpaired) electrons. The summed E-state index contributed by atoms with van der Waals surface area (Å²) >= 11 is 0. The van der Waals surface area contributed by atoms with Crippen molar-refractivity contribution in [2.45, 2.75) is 37.6 Å². The molecule has 3 rings (SSSR count). The van der Waals surface area contributed by atoms with Gasteiger partial charge in [0.1, 0.15) is 11.4 Å². The quantitative estimate of drug-likeness (QED) is 0.591. The van der Waals surface area contributed by atoms with Gasteiger partial charge in [0.25, 0.3) is 5.69 Å². The van der Waals surface area contributed by atoms with Crippen molar-refractivity contribution >= 4 is 21.4 Å². The van der Waals surface area contributed by atoms with Crippen LogP contribution in [-0.4, -0.2) is 30.7 Å². The highest BCUT2D eigenvalue weighted by atomic mass is 32.2. The molecule has 0 saturated carbocycles. The molecule has 1 fully saturated rings. The van der Waals surface area contributed by atoms with Crippen LogP contribution in [0.3, 0.4) is 0 Å². The third kappa shape index (κ3) is 4.14. The van der Waals surface area contributed by atoms with E-state index in [4.69, 9.17) is 4.42 Å². The lowest BCUT2D eigenvalue weighted by Gasteiger charge is -2.30. The molecule has 0 bridgehead atoms. The zero-order valence-corrected chi connectivity index (χ0v) is 16.1. The summed E-state index contributed by atoms with van der Waals surface area (Å²) in [6.45, 7) is 4.69. The predicted molar refractivity (Wildman–Crippen MR) is 101 cm³/mol. The van der Waals surface area contributed by atoms with Gasteiger partial charge in [0, 0.05) is 19.2 Å². The van der Waals surface area contributed by atoms with Gasteiger partial charge in [-0.3, -0.25) is 10.1 Å². The van der Waals surface area contributed by atoms with E-state index in [9.17, 15) is 18.5 Å². The van der Waals surface area contributed by atoms with Gasteiger partial charge in [-0.05, 0) is 49.9 Å². The van der Waals surface area contributed by atoms with Crippen molar-refractivity contribution < 1.29 is 17.8 Å². The SMILES string of the molecule is C[C@H]1CCCN(S(=O)(=O)c2ccc(N[C@@H](C)c3ccco3)c([N+](=O)[O-])c2)C1. The van der Waals surface area contributed by atoms with E-state index in [2.05, 4.69) is 5.32 Å². The molecule has 146 valence electrons.